The molecule has 3 N–H and O–H groups in total. The van der Waals surface area contributed by atoms with E-state index < -0.39 is 0 Å². The second kappa shape index (κ2) is 7.91. The molecule has 1 amide bonds. The van der Waals surface area contributed by atoms with Crippen LogP contribution in [0.5, 0.6) is 0 Å². The van der Waals surface area contributed by atoms with Crippen molar-refractivity contribution in [1.29, 1.82) is 0 Å². The van der Waals surface area contributed by atoms with Gasteiger partial charge in [-0.3, -0.25) is 4.79 Å². The van der Waals surface area contributed by atoms with Crippen LogP contribution in [0.2, 0.25) is 0 Å². The third-order valence-electron chi connectivity index (χ3n) is 3.28. The van der Waals surface area contributed by atoms with Crippen molar-refractivity contribution in [2.45, 2.75) is 53.0 Å². The number of nitrogens with one attached hydrogen (secondary N) is 1. The van der Waals surface area contributed by atoms with E-state index in [1.165, 1.54) is 0 Å². The van der Waals surface area contributed by atoms with Gasteiger partial charge >= 0.3 is 0 Å². The molecule has 0 saturated carbocycles. The summed E-state index contributed by atoms with van der Waals surface area (Å²) in [5, 5.41) is 3.06. The van der Waals surface area contributed by atoms with Crippen molar-refractivity contribution < 1.29 is 4.79 Å². The van der Waals surface area contributed by atoms with E-state index in [0.29, 0.717) is 12.5 Å². The minimum absolute atomic E-state index is 0. The van der Waals surface area contributed by atoms with Gasteiger partial charge in [0.25, 0.3) is 0 Å². The van der Waals surface area contributed by atoms with Gasteiger partial charge in [-0.1, -0.05) is 34.1 Å². The average molecular weight is 251 g/mol. The summed E-state index contributed by atoms with van der Waals surface area (Å²) in [4.78, 5) is 11.8. The zero-order valence-corrected chi connectivity index (χ0v) is 12.0. The molecule has 98 valence electrons. The number of rotatable bonds is 6. The largest absolute Gasteiger partial charge is 0.349 e. The molecule has 0 heterocycles. The Kier molecular flexibility index (Phi) is 8.94. The van der Waals surface area contributed by atoms with Gasteiger partial charge in [-0.25, -0.2) is 0 Å². The molecule has 2 atom stereocenters. The average Bonchev–Trinajstić information content (AvgIpc) is 2.17. The molecule has 0 aromatic rings. The Labute approximate surface area is 106 Å². The maximum atomic E-state index is 11.8. The summed E-state index contributed by atoms with van der Waals surface area (Å²) >= 11 is 0. The fourth-order valence-corrected chi connectivity index (χ4v) is 1.40. The molecule has 0 aliphatic heterocycles. The number of hydrogen-bond acceptors (Lipinski definition) is 2. The Morgan fingerprint density at radius 3 is 2.19 bits per heavy atom. The molecule has 0 fully saturated rings. The summed E-state index contributed by atoms with van der Waals surface area (Å²) in [6.07, 6.45) is 1.97. The number of amides is 1. The molecule has 2 unspecified atom stereocenters. The lowest BCUT2D eigenvalue weighted by Crippen LogP contribution is -2.56. The fourth-order valence-electron chi connectivity index (χ4n) is 1.40. The molecular weight excluding hydrogens is 224 g/mol. The first-order valence-corrected chi connectivity index (χ1v) is 5.89. The summed E-state index contributed by atoms with van der Waals surface area (Å²) < 4.78 is 0. The highest BCUT2D eigenvalue weighted by Crippen LogP contribution is 2.16. The van der Waals surface area contributed by atoms with Crippen LogP contribution in [0.4, 0.5) is 0 Å². The molecule has 0 aromatic carbocycles. The minimum Gasteiger partial charge on any atom is -0.349 e. The lowest BCUT2D eigenvalue weighted by atomic mass is 9.87. The normalized spacial score (nSPS) is 16.2. The molecule has 0 bridgehead atoms. The van der Waals surface area contributed by atoms with Crippen LogP contribution in [0.3, 0.4) is 0 Å². The Bertz CT molecular complexity index is 209. The van der Waals surface area contributed by atoms with E-state index in [0.717, 1.165) is 12.8 Å². The van der Waals surface area contributed by atoms with Crippen molar-refractivity contribution >= 4 is 18.3 Å². The highest BCUT2D eigenvalue weighted by molar-refractivity contribution is 5.85. The Morgan fingerprint density at radius 1 is 1.38 bits per heavy atom. The van der Waals surface area contributed by atoms with E-state index in [2.05, 4.69) is 26.1 Å². The number of hydrogen-bond donors (Lipinski definition) is 2. The third-order valence-corrected chi connectivity index (χ3v) is 3.28. The van der Waals surface area contributed by atoms with E-state index in [1.54, 1.807) is 0 Å². The fraction of sp³-hybridized carbons (Fsp3) is 0.917. The van der Waals surface area contributed by atoms with E-state index in [-0.39, 0.29) is 29.8 Å². The predicted octanol–water partition coefficient (Wildman–Crippen LogP) is 2.33. The molecule has 0 aliphatic carbocycles. The first-order chi connectivity index (χ1) is 6.87. The molecular formula is C12H27ClN2O. The third kappa shape index (κ3) is 5.17. The summed E-state index contributed by atoms with van der Waals surface area (Å²) in [6, 6.07) is 0. The highest BCUT2D eigenvalue weighted by atomic mass is 35.5. The van der Waals surface area contributed by atoms with E-state index in [9.17, 15) is 4.79 Å². The van der Waals surface area contributed by atoms with Crippen molar-refractivity contribution in [3.63, 3.8) is 0 Å². The Hall–Kier alpha value is -0.280. The maximum absolute atomic E-state index is 11.8. The monoisotopic (exact) mass is 250 g/mol. The molecule has 0 radical (unpaired) electrons. The lowest BCUT2D eigenvalue weighted by molar-refractivity contribution is -0.127. The molecule has 0 aliphatic rings. The smallest absolute Gasteiger partial charge is 0.223 e. The van der Waals surface area contributed by atoms with Crippen molar-refractivity contribution in [3.05, 3.63) is 0 Å². The van der Waals surface area contributed by atoms with Gasteiger partial charge in [-0.05, 0) is 19.3 Å². The van der Waals surface area contributed by atoms with Gasteiger partial charge in [0, 0.05) is 12.5 Å². The Morgan fingerprint density at radius 2 is 1.88 bits per heavy atom. The van der Waals surface area contributed by atoms with Gasteiger partial charge < -0.3 is 11.1 Å². The molecule has 0 saturated heterocycles. The van der Waals surface area contributed by atoms with Crippen LogP contribution in [-0.4, -0.2) is 18.0 Å². The van der Waals surface area contributed by atoms with Gasteiger partial charge in [0.2, 0.25) is 5.91 Å². The van der Waals surface area contributed by atoms with Crippen LogP contribution in [0.25, 0.3) is 0 Å². The minimum atomic E-state index is -0.279. The molecule has 0 aromatic heterocycles. The standard InChI is InChI=1S/C12H26N2O.ClH/c1-6-7-10(4)11(15)14-12(5,8-13)9(2)3;/h9-10H,6-8,13H2,1-5H3,(H,14,15);1H. The lowest BCUT2D eigenvalue weighted by Gasteiger charge is -2.34. The van der Waals surface area contributed by atoms with Crippen molar-refractivity contribution in [1.82, 2.24) is 5.32 Å². The maximum Gasteiger partial charge on any atom is 0.223 e. The number of carbonyl (C=O) groups is 1. The number of carbonyl (C=O) groups excluding carboxylic acids is 1. The zero-order chi connectivity index (χ0) is 12.1. The predicted molar refractivity (Wildman–Crippen MR) is 71.8 cm³/mol. The molecule has 4 heteroatoms. The second-order valence-electron chi connectivity index (χ2n) is 4.96. The quantitative estimate of drug-likeness (QED) is 0.760. The van der Waals surface area contributed by atoms with Gasteiger partial charge in [-0.2, -0.15) is 0 Å². The van der Waals surface area contributed by atoms with Crippen LogP contribution >= 0.6 is 12.4 Å². The topological polar surface area (TPSA) is 55.1 Å². The Balaban J connectivity index is 0. The number of halogens is 1. The number of nitrogens with two attached hydrogens (primary N) is 1. The van der Waals surface area contributed by atoms with Crippen molar-refractivity contribution in [2.24, 2.45) is 17.6 Å². The van der Waals surface area contributed by atoms with Crippen molar-refractivity contribution in [2.75, 3.05) is 6.54 Å². The zero-order valence-electron chi connectivity index (χ0n) is 11.2. The van der Waals surface area contributed by atoms with E-state index >= 15 is 0 Å². The van der Waals surface area contributed by atoms with Crippen LogP contribution in [0.15, 0.2) is 0 Å². The first kappa shape index (κ1) is 18.1. The van der Waals surface area contributed by atoms with Gasteiger partial charge in [-0.15, -0.1) is 12.4 Å². The molecule has 0 rings (SSSR count). The summed E-state index contributed by atoms with van der Waals surface area (Å²) in [7, 11) is 0. The van der Waals surface area contributed by atoms with E-state index in [4.69, 9.17) is 5.73 Å². The summed E-state index contributed by atoms with van der Waals surface area (Å²) in [5.74, 6) is 0.554. The highest BCUT2D eigenvalue weighted by Gasteiger charge is 2.29. The summed E-state index contributed by atoms with van der Waals surface area (Å²) in [5.41, 5.74) is 5.44. The summed E-state index contributed by atoms with van der Waals surface area (Å²) in [6.45, 7) is 10.7. The van der Waals surface area contributed by atoms with Crippen LogP contribution in [0.1, 0.15) is 47.5 Å². The van der Waals surface area contributed by atoms with Crippen molar-refractivity contribution in [3.8, 4) is 0 Å². The van der Waals surface area contributed by atoms with Crippen LogP contribution in [0, 0.1) is 11.8 Å². The molecule has 16 heavy (non-hydrogen) atoms. The van der Waals surface area contributed by atoms with Gasteiger partial charge in [0.15, 0.2) is 0 Å². The SMILES string of the molecule is CCCC(C)C(=O)NC(C)(CN)C(C)C.Cl. The molecule has 3 nitrogen and oxygen atoms in total. The van der Waals surface area contributed by atoms with Crippen LogP contribution in [-0.2, 0) is 4.79 Å². The molecule has 0 spiro atoms. The van der Waals surface area contributed by atoms with E-state index in [1.807, 2.05) is 13.8 Å². The van der Waals surface area contributed by atoms with Crippen LogP contribution < -0.4 is 11.1 Å². The second-order valence-corrected chi connectivity index (χ2v) is 4.96. The van der Waals surface area contributed by atoms with Gasteiger partial charge in [0.1, 0.15) is 0 Å². The van der Waals surface area contributed by atoms with Gasteiger partial charge in [0.05, 0.1) is 5.54 Å². The first-order valence-electron chi connectivity index (χ1n) is 5.89.